The molecule has 0 bridgehead atoms. The first-order valence-electron chi connectivity index (χ1n) is 4.79. The minimum atomic E-state index is -0.00684. The van der Waals surface area contributed by atoms with Gasteiger partial charge in [-0.25, -0.2) is 0 Å². The van der Waals surface area contributed by atoms with Gasteiger partial charge in [0, 0.05) is 10.1 Å². The fourth-order valence-corrected chi connectivity index (χ4v) is 0.772. The van der Waals surface area contributed by atoms with Crippen LogP contribution in [-0.4, -0.2) is 0 Å². The van der Waals surface area contributed by atoms with Gasteiger partial charge in [-0.15, -0.1) is 0 Å². The van der Waals surface area contributed by atoms with Crippen molar-refractivity contribution in [2.75, 3.05) is 0 Å². The first-order chi connectivity index (χ1) is 6.05. The standard InChI is InChI=1S/C12H20Cl2/c1-11(2,3)9(13)7-8-10(14)12(4,5)6/h7-8H,1-6H3. The van der Waals surface area contributed by atoms with Crippen LogP contribution in [0.4, 0.5) is 0 Å². The van der Waals surface area contributed by atoms with Crippen LogP contribution in [0.5, 0.6) is 0 Å². The van der Waals surface area contributed by atoms with Crippen LogP contribution in [0.25, 0.3) is 0 Å². The second-order valence-corrected chi connectivity index (χ2v) is 6.34. The van der Waals surface area contributed by atoms with E-state index in [0.29, 0.717) is 0 Å². The summed E-state index contributed by atoms with van der Waals surface area (Å²) in [5, 5.41) is 1.64. The highest BCUT2D eigenvalue weighted by Gasteiger charge is 2.16. The van der Waals surface area contributed by atoms with E-state index in [0.717, 1.165) is 10.1 Å². The monoisotopic (exact) mass is 234 g/mol. The van der Waals surface area contributed by atoms with Crippen molar-refractivity contribution in [1.29, 1.82) is 0 Å². The van der Waals surface area contributed by atoms with Crippen molar-refractivity contribution in [3.63, 3.8) is 0 Å². The first-order valence-corrected chi connectivity index (χ1v) is 5.54. The summed E-state index contributed by atoms with van der Waals surface area (Å²) < 4.78 is 0. The lowest BCUT2D eigenvalue weighted by atomic mass is 9.93. The molecule has 82 valence electrons. The Labute approximate surface area is 98.0 Å². The molecule has 0 fully saturated rings. The molecule has 0 nitrogen and oxygen atoms in total. The van der Waals surface area contributed by atoms with Crippen molar-refractivity contribution in [1.82, 2.24) is 0 Å². The predicted octanol–water partition coefficient (Wildman–Crippen LogP) is 5.32. The van der Waals surface area contributed by atoms with Crippen molar-refractivity contribution in [3.05, 3.63) is 22.2 Å². The van der Waals surface area contributed by atoms with Gasteiger partial charge in [-0.1, -0.05) is 64.7 Å². The number of hydrogen-bond donors (Lipinski definition) is 0. The lowest BCUT2D eigenvalue weighted by molar-refractivity contribution is 0.526. The maximum atomic E-state index is 6.11. The minimum Gasteiger partial charge on any atom is -0.0886 e. The Morgan fingerprint density at radius 2 is 0.929 bits per heavy atom. The van der Waals surface area contributed by atoms with E-state index in [1.165, 1.54) is 0 Å². The Hall–Kier alpha value is 0.0600. The van der Waals surface area contributed by atoms with Gasteiger partial charge >= 0.3 is 0 Å². The number of halogens is 2. The summed E-state index contributed by atoms with van der Waals surface area (Å²) in [5.74, 6) is 0. The van der Waals surface area contributed by atoms with Crippen LogP contribution in [-0.2, 0) is 0 Å². The van der Waals surface area contributed by atoms with E-state index in [1.54, 1.807) is 0 Å². The van der Waals surface area contributed by atoms with Crippen LogP contribution in [0.3, 0.4) is 0 Å². The minimum absolute atomic E-state index is 0.00684. The summed E-state index contributed by atoms with van der Waals surface area (Å²) in [4.78, 5) is 0. The van der Waals surface area contributed by atoms with Gasteiger partial charge in [-0.2, -0.15) is 0 Å². The molecule has 0 aliphatic carbocycles. The van der Waals surface area contributed by atoms with Gasteiger partial charge in [0.1, 0.15) is 0 Å². The quantitative estimate of drug-likeness (QED) is 0.539. The maximum absolute atomic E-state index is 6.11. The van der Waals surface area contributed by atoms with Crippen LogP contribution in [0, 0.1) is 10.8 Å². The summed E-state index contributed by atoms with van der Waals surface area (Å²) in [6.45, 7) is 12.4. The third-order valence-electron chi connectivity index (χ3n) is 1.81. The lowest BCUT2D eigenvalue weighted by Gasteiger charge is -2.18. The molecule has 0 aliphatic rings. The molecule has 0 N–H and O–H groups in total. The summed E-state index contributed by atoms with van der Waals surface area (Å²) in [7, 11) is 0. The third kappa shape index (κ3) is 5.07. The zero-order chi connectivity index (χ0) is 11.6. The SMILES string of the molecule is CC(C)(C)C(Cl)=CC=C(Cl)C(C)(C)C. The predicted molar refractivity (Wildman–Crippen MR) is 66.8 cm³/mol. The van der Waals surface area contributed by atoms with E-state index in [4.69, 9.17) is 23.2 Å². The van der Waals surface area contributed by atoms with Gasteiger partial charge in [-0.05, 0) is 23.0 Å². The summed E-state index contributed by atoms with van der Waals surface area (Å²) in [6.07, 6.45) is 3.77. The van der Waals surface area contributed by atoms with Crippen molar-refractivity contribution < 1.29 is 0 Å². The molecule has 0 atom stereocenters. The van der Waals surface area contributed by atoms with Crippen molar-refractivity contribution in [2.45, 2.75) is 41.5 Å². The largest absolute Gasteiger partial charge is 0.0886 e. The molecule has 0 aromatic heterocycles. The zero-order valence-corrected chi connectivity index (χ0v) is 11.4. The van der Waals surface area contributed by atoms with Crippen LogP contribution < -0.4 is 0 Å². The highest BCUT2D eigenvalue weighted by molar-refractivity contribution is 6.31. The van der Waals surface area contributed by atoms with E-state index >= 15 is 0 Å². The molecule has 14 heavy (non-hydrogen) atoms. The smallest absolute Gasteiger partial charge is 0.0234 e. The molecule has 0 spiro atoms. The average molecular weight is 235 g/mol. The Kier molecular flexibility index (Phi) is 4.74. The van der Waals surface area contributed by atoms with Crippen LogP contribution in [0.2, 0.25) is 0 Å². The molecule has 0 saturated carbocycles. The molecule has 0 unspecified atom stereocenters. The average Bonchev–Trinajstić information content (AvgIpc) is 1.95. The van der Waals surface area contributed by atoms with Crippen molar-refractivity contribution >= 4 is 23.2 Å². The third-order valence-corrected chi connectivity index (χ3v) is 3.19. The highest BCUT2D eigenvalue weighted by Crippen LogP contribution is 2.31. The van der Waals surface area contributed by atoms with Gasteiger partial charge in [0.05, 0.1) is 0 Å². The molecule has 0 radical (unpaired) electrons. The van der Waals surface area contributed by atoms with Gasteiger partial charge in [0.25, 0.3) is 0 Å². The van der Waals surface area contributed by atoms with Crippen LogP contribution >= 0.6 is 23.2 Å². The van der Waals surface area contributed by atoms with E-state index in [9.17, 15) is 0 Å². The second-order valence-electron chi connectivity index (χ2n) is 5.53. The lowest BCUT2D eigenvalue weighted by Crippen LogP contribution is -2.06. The molecular formula is C12H20Cl2. The zero-order valence-electron chi connectivity index (χ0n) is 9.91. The maximum Gasteiger partial charge on any atom is 0.0234 e. The van der Waals surface area contributed by atoms with Crippen LogP contribution in [0.15, 0.2) is 22.2 Å². The Bertz CT molecular complexity index is 218. The molecule has 2 heteroatoms. The van der Waals surface area contributed by atoms with Gasteiger partial charge in [0.2, 0.25) is 0 Å². The molecule has 0 heterocycles. The van der Waals surface area contributed by atoms with Crippen LogP contribution in [0.1, 0.15) is 41.5 Å². The van der Waals surface area contributed by atoms with Gasteiger partial charge in [-0.3, -0.25) is 0 Å². The van der Waals surface area contributed by atoms with Gasteiger partial charge < -0.3 is 0 Å². The van der Waals surface area contributed by atoms with E-state index < -0.39 is 0 Å². The Morgan fingerprint density at radius 3 is 1.07 bits per heavy atom. The second kappa shape index (κ2) is 4.72. The topological polar surface area (TPSA) is 0 Å². The van der Waals surface area contributed by atoms with Crippen molar-refractivity contribution in [2.24, 2.45) is 10.8 Å². The summed E-state index contributed by atoms with van der Waals surface area (Å²) in [6, 6.07) is 0. The molecule has 0 aromatic carbocycles. The normalized spacial score (nSPS) is 16.0. The summed E-state index contributed by atoms with van der Waals surface area (Å²) >= 11 is 12.2. The molecular weight excluding hydrogens is 215 g/mol. The fourth-order valence-electron chi connectivity index (χ4n) is 0.646. The number of rotatable bonds is 1. The molecule has 0 aliphatic heterocycles. The van der Waals surface area contributed by atoms with E-state index in [2.05, 4.69) is 41.5 Å². The van der Waals surface area contributed by atoms with Gasteiger partial charge in [0.15, 0.2) is 0 Å². The highest BCUT2D eigenvalue weighted by atomic mass is 35.5. The van der Waals surface area contributed by atoms with E-state index in [1.807, 2.05) is 12.2 Å². The number of hydrogen-bond acceptors (Lipinski definition) is 0. The Balaban J connectivity index is 4.73. The molecule has 0 aromatic rings. The molecule has 0 saturated heterocycles. The number of allylic oxidation sites excluding steroid dienone is 4. The Morgan fingerprint density at radius 1 is 0.714 bits per heavy atom. The van der Waals surface area contributed by atoms with Crippen molar-refractivity contribution in [3.8, 4) is 0 Å². The summed E-state index contributed by atoms with van der Waals surface area (Å²) in [5.41, 5.74) is -0.0137. The molecule has 0 amide bonds. The molecule has 0 rings (SSSR count). The fraction of sp³-hybridized carbons (Fsp3) is 0.667. The first kappa shape index (κ1) is 14.1. The van der Waals surface area contributed by atoms with E-state index in [-0.39, 0.29) is 10.8 Å².